The van der Waals surface area contributed by atoms with Gasteiger partial charge in [0.1, 0.15) is 11.6 Å². The molecule has 21 heavy (non-hydrogen) atoms. The van der Waals surface area contributed by atoms with Gasteiger partial charge in [-0.3, -0.25) is 10.1 Å². The van der Waals surface area contributed by atoms with Crippen LogP contribution >= 0.6 is 0 Å². The topological polar surface area (TPSA) is 77.3 Å². The quantitative estimate of drug-likeness (QED) is 0.643. The molecule has 2 aromatic rings. The zero-order valence-corrected chi connectivity index (χ0v) is 12.0. The van der Waals surface area contributed by atoms with Gasteiger partial charge in [-0.05, 0) is 37.1 Å². The first kappa shape index (κ1) is 14.8. The number of nitro groups is 1. The second kappa shape index (κ2) is 6.69. The highest BCUT2D eigenvalue weighted by Gasteiger charge is 2.18. The first-order valence-corrected chi connectivity index (χ1v) is 6.74. The first-order chi connectivity index (χ1) is 10.1. The third kappa shape index (κ3) is 3.92. The van der Waals surface area contributed by atoms with E-state index in [0.29, 0.717) is 11.6 Å². The van der Waals surface area contributed by atoms with Crippen molar-refractivity contribution in [1.29, 1.82) is 0 Å². The molecular formula is C15H17N3O3. The highest BCUT2D eigenvalue weighted by Crippen LogP contribution is 2.30. The third-order valence-electron chi connectivity index (χ3n) is 2.80. The van der Waals surface area contributed by atoms with Gasteiger partial charge in [-0.1, -0.05) is 19.1 Å². The Morgan fingerprint density at radius 2 is 2.14 bits per heavy atom. The van der Waals surface area contributed by atoms with Crippen LogP contribution in [0.25, 0.3) is 0 Å². The van der Waals surface area contributed by atoms with Crippen molar-refractivity contribution in [2.45, 2.75) is 20.3 Å². The zero-order chi connectivity index (χ0) is 15.2. The van der Waals surface area contributed by atoms with Crippen LogP contribution in [-0.4, -0.2) is 16.5 Å². The van der Waals surface area contributed by atoms with Crippen LogP contribution in [0.15, 0.2) is 36.4 Å². The zero-order valence-electron chi connectivity index (χ0n) is 12.0. The summed E-state index contributed by atoms with van der Waals surface area (Å²) in [6.07, 6.45) is 0.937. The maximum Gasteiger partial charge on any atom is 0.331 e. The predicted octanol–water partition coefficient (Wildman–Crippen LogP) is 3.91. The summed E-state index contributed by atoms with van der Waals surface area (Å²) in [7, 11) is 0. The second-order valence-corrected chi connectivity index (χ2v) is 4.62. The smallest absolute Gasteiger partial charge is 0.331 e. The molecule has 0 aliphatic rings. The van der Waals surface area contributed by atoms with E-state index >= 15 is 0 Å². The normalized spacial score (nSPS) is 10.2. The molecule has 0 radical (unpaired) electrons. The monoisotopic (exact) mass is 287 g/mol. The number of aromatic nitrogens is 1. The molecule has 0 spiro atoms. The maximum atomic E-state index is 11.1. The highest BCUT2D eigenvalue weighted by atomic mass is 16.6. The Balaban J connectivity index is 2.31. The molecule has 110 valence electrons. The van der Waals surface area contributed by atoms with E-state index in [-0.39, 0.29) is 11.6 Å². The molecular weight excluding hydrogens is 270 g/mol. The van der Waals surface area contributed by atoms with Crippen molar-refractivity contribution in [2.24, 2.45) is 0 Å². The van der Waals surface area contributed by atoms with Crippen molar-refractivity contribution in [1.82, 2.24) is 4.98 Å². The van der Waals surface area contributed by atoms with E-state index in [1.54, 1.807) is 18.2 Å². The average Bonchev–Trinajstić information content (AvgIpc) is 2.45. The van der Waals surface area contributed by atoms with Gasteiger partial charge in [0.15, 0.2) is 0 Å². The summed E-state index contributed by atoms with van der Waals surface area (Å²) in [4.78, 5) is 14.8. The van der Waals surface area contributed by atoms with E-state index in [1.165, 1.54) is 6.07 Å². The molecule has 0 unspecified atom stereocenters. The van der Waals surface area contributed by atoms with Crippen molar-refractivity contribution < 1.29 is 9.66 Å². The lowest BCUT2D eigenvalue weighted by Gasteiger charge is -2.09. The Morgan fingerprint density at radius 1 is 1.33 bits per heavy atom. The molecule has 6 nitrogen and oxygen atoms in total. The summed E-state index contributed by atoms with van der Waals surface area (Å²) in [5.74, 6) is 1.08. The van der Waals surface area contributed by atoms with E-state index in [0.717, 1.165) is 18.5 Å². The molecule has 0 amide bonds. The van der Waals surface area contributed by atoms with Gasteiger partial charge < -0.3 is 10.1 Å². The van der Waals surface area contributed by atoms with Crippen LogP contribution in [0.3, 0.4) is 0 Å². The SMILES string of the molecule is CCCNc1ccc([N+](=O)[O-])c(Oc2cccc(C)c2)n1. The standard InChI is InChI=1S/C15H17N3O3/c1-3-9-16-14-8-7-13(18(19)20)15(17-14)21-12-6-4-5-11(2)10-12/h4-8,10H,3,9H2,1-2H3,(H,16,17). The van der Waals surface area contributed by atoms with Gasteiger partial charge in [-0.25, -0.2) is 0 Å². The Bertz CT molecular complexity index is 644. The lowest BCUT2D eigenvalue weighted by molar-refractivity contribution is -0.386. The van der Waals surface area contributed by atoms with Crippen LogP contribution in [0.1, 0.15) is 18.9 Å². The summed E-state index contributed by atoms with van der Waals surface area (Å²) in [5.41, 5.74) is 0.856. The number of hydrogen-bond donors (Lipinski definition) is 1. The minimum Gasteiger partial charge on any atom is -0.434 e. The molecule has 0 aliphatic heterocycles. The Morgan fingerprint density at radius 3 is 2.81 bits per heavy atom. The average molecular weight is 287 g/mol. The van der Waals surface area contributed by atoms with Crippen LogP contribution in [0, 0.1) is 17.0 Å². The van der Waals surface area contributed by atoms with Gasteiger partial charge in [0, 0.05) is 12.6 Å². The number of pyridine rings is 1. The van der Waals surface area contributed by atoms with Gasteiger partial charge in [-0.15, -0.1) is 0 Å². The Hall–Kier alpha value is -2.63. The summed E-state index contributed by atoms with van der Waals surface area (Å²) in [6.45, 7) is 4.70. The number of nitrogens with zero attached hydrogens (tertiary/aromatic N) is 2. The van der Waals surface area contributed by atoms with Gasteiger partial charge in [0.2, 0.25) is 0 Å². The fourth-order valence-corrected chi connectivity index (χ4v) is 1.79. The van der Waals surface area contributed by atoms with Crippen molar-refractivity contribution >= 4 is 11.5 Å². The minimum absolute atomic E-state index is 0.00768. The summed E-state index contributed by atoms with van der Waals surface area (Å²) in [6, 6.07) is 10.3. The van der Waals surface area contributed by atoms with E-state index in [1.807, 2.05) is 26.0 Å². The van der Waals surface area contributed by atoms with Crippen molar-refractivity contribution in [3.8, 4) is 11.6 Å². The largest absolute Gasteiger partial charge is 0.434 e. The molecule has 2 rings (SSSR count). The number of rotatable bonds is 6. The van der Waals surface area contributed by atoms with Crippen LogP contribution in [0.2, 0.25) is 0 Å². The minimum atomic E-state index is -0.498. The number of hydrogen-bond acceptors (Lipinski definition) is 5. The molecule has 6 heteroatoms. The van der Waals surface area contributed by atoms with Crippen molar-refractivity contribution in [3.63, 3.8) is 0 Å². The molecule has 0 atom stereocenters. The first-order valence-electron chi connectivity index (χ1n) is 6.74. The third-order valence-corrected chi connectivity index (χ3v) is 2.80. The second-order valence-electron chi connectivity index (χ2n) is 4.62. The number of aryl methyl sites for hydroxylation is 1. The molecule has 1 aromatic heterocycles. The summed E-state index contributed by atoms with van der Waals surface area (Å²) >= 11 is 0. The molecule has 1 N–H and O–H groups in total. The number of nitrogens with one attached hydrogen (secondary N) is 1. The van der Waals surface area contributed by atoms with Crippen LogP contribution in [0.5, 0.6) is 11.6 Å². The molecule has 1 heterocycles. The molecule has 0 saturated heterocycles. The van der Waals surface area contributed by atoms with E-state index in [4.69, 9.17) is 4.74 Å². The highest BCUT2D eigenvalue weighted by molar-refractivity contribution is 5.50. The fourth-order valence-electron chi connectivity index (χ4n) is 1.79. The Kier molecular flexibility index (Phi) is 4.71. The van der Waals surface area contributed by atoms with Gasteiger partial charge in [0.05, 0.1) is 4.92 Å². The molecule has 1 aromatic carbocycles. The molecule has 0 fully saturated rings. The number of anilines is 1. The van der Waals surface area contributed by atoms with Crippen LogP contribution in [0.4, 0.5) is 11.5 Å². The molecule has 0 aliphatic carbocycles. The predicted molar refractivity (Wildman–Crippen MR) is 80.9 cm³/mol. The van der Waals surface area contributed by atoms with Gasteiger partial charge >= 0.3 is 11.6 Å². The number of ether oxygens (including phenoxy) is 1. The maximum absolute atomic E-state index is 11.1. The summed E-state index contributed by atoms with van der Waals surface area (Å²) in [5, 5.41) is 14.2. The summed E-state index contributed by atoms with van der Waals surface area (Å²) < 4.78 is 5.58. The van der Waals surface area contributed by atoms with Crippen LogP contribution < -0.4 is 10.1 Å². The lowest BCUT2D eigenvalue weighted by Crippen LogP contribution is -2.04. The lowest BCUT2D eigenvalue weighted by atomic mass is 10.2. The van der Waals surface area contributed by atoms with E-state index < -0.39 is 4.92 Å². The molecule has 0 saturated carbocycles. The van der Waals surface area contributed by atoms with Crippen LogP contribution in [-0.2, 0) is 0 Å². The van der Waals surface area contributed by atoms with E-state index in [2.05, 4.69) is 10.3 Å². The van der Waals surface area contributed by atoms with Gasteiger partial charge in [0.25, 0.3) is 0 Å². The van der Waals surface area contributed by atoms with E-state index in [9.17, 15) is 10.1 Å². The van der Waals surface area contributed by atoms with Crippen molar-refractivity contribution in [3.05, 3.63) is 52.1 Å². The number of benzene rings is 1. The van der Waals surface area contributed by atoms with Crippen molar-refractivity contribution in [2.75, 3.05) is 11.9 Å². The van der Waals surface area contributed by atoms with Gasteiger partial charge in [-0.2, -0.15) is 4.98 Å². The molecule has 0 bridgehead atoms. The fraction of sp³-hybridized carbons (Fsp3) is 0.267. The Labute approximate surface area is 122 Å².